The number of halogens is 1. The molecule has 13 heavy (non-hydrogen) atoms. The summed E-state index contributed by atoms with van der Waals surface area (Å²) in [4.78, 5) is 1.25. The van der Waals surface area contributed by atoms with Crippen LogP contribution in [0.25, 0.3) is 0 Å². The fraction of sp³-hybridized carbons (Fsp3) is 0.167. The number of aromatic nitrogens is 3. The molecule has 0 aromatic carbocycles. The van der Waals surface area contributed by atoms with Gasteiger partial charge in [-0.15, -0.1) is 11.3 Å². The van der Waals surface area contributed by atoms with Gasteiger partial charge in [0.2, 0.25) is 5.13 Å². The van der Waals surface area contributed by atoms with Crippen LogP contribution in [-0.4, -0.2) is 14.8 Å². The molecule has 0 bridgehead atoms. The third kappa shape index (κ3) is 2.45. The standard InChI is InChI=1S/C6H5BrN4S2/c7-4-1-5(12-3-4)2-8-6-9-10-11-13-6/h1,3H,2H2,(H,8,9,11). The van der Waals surface area contributed by atoms with Gasteiger partial charge in [0.05, 0.1) is 6.54 Å². The normalized spacial score (nSPS) is 10.2. The Morgan fingerprint density at radius 1 is 1.54 bits per heavy atom. The van der Waals surface area contributed by atoms with E-state index in [9.17, 15) is 0 Å². The molecule has 0 aliphatic carbocycles. The molecule has 0 unspecified atom stereocenters. The molecule has 7 heteroatoms. The summed E-state index contributed by atoms with van der Waals surface area (Å²) in [5.74, 6) is 0. The molecule has 0 aliphatic rings. The Kier molecular flexibility index (Phi) is 2.87. The molecule has 2 aromatic rings. The van der Waals surface area contributed by atoms with E-state index in [0.717, 1.165) is 16.1 Å². The number of anilines is 1. The first-order valence-corrected chi connectivity index (χ1v) is 5.91. The third-order valence-corrected chi connectivity index (χ3v) is 3.59. The van der Waals surface area contributed by atoms with E-state index in [1.165, 1.54) is 16.4 Å². The molecular formula is C6H5BrN4S2. The Bertz CT molecular complexity index is 372. The number of hydrogen-bond acceptors (Lipinski definition) is 6. The summed E-state index contributed by atoms with van der Waals surface area (Å²) in [6.07, 6.45) is 0. The van der Waals surface area contributed by atoms with E-state index in [1.54, 1.807) is 11.3 Å². The van der Waals surface area contributed by atoms with Gasteiger partial charge in [-0.2, -0.15) is 0 Å². The molecule has 0 fully saturated rings. The fourth-order valence-corrected chi connectivity index (χ4v) is 2.56. The molecule has 1 N–H and O–H groups in total. The lowest BCUT2D eigenvalue weighted by Crippen LogP contribution is -1.96. The van der Waals surface area contributed by atoms with Crippen molar-refractivity contribution in [2.75, 3.05) is 5.32 Å². The lowest BCUT2D eigenvalue weighted by atomic mass is 10.5. The number of hydrogen-bond donors (Lipinski definition) is 1. The first kappa shape index (κ1) is 9.04. The van der Waals surface area contributed by atoms with Gasteiger partial charge >= 0.3 is 0 Å². The maximum atomic E-state index is 3.78. The Balaban J connectivity index is 1.93. The largest absolute Gasteiger partial charge is 0.354 e. The van der Waals surface area contributed by atoms with E-state index in [0.29, 0.717) is 0 Å². The van der Waals surface area contributed by atoms with Crippen molar-refractivity contribution < 1.29 is 0 Å². The Morgan fingerprint density at radius 3 is 3.08 bits per heavy atom. The summed E-state index contributed by atoms with van der Waals surface area (Å²) in [6, 6.07) is 2.08. The minimum Gasteiger partial charge on any atom is -0.354 e. The summed E-state index contributed by atoms with van der Waals surface area (Å²) in [5.41, 5.74) is 0. The van der Waals surface area contributed by atoms with E-state index in [2.05, 4.69) is 47.5 Å². The minimum absolute atomic E-state index is 0.754. The second kappa shape index (κ2) is 4.12. The van der Waals surface area contributed by atoms with Crippen molar-refractivity contribution in [3.05, 3.63) is 20.8 Å². The summed E-state index contributed by atoms with van der Waals surface area (Å²) in [5, 5.41) is 13.2. The van der Waals surface area contributed by atoms with Gasteiger partial charge in [0.15, 0.2) is 0 Å². The molecule has 68 valence electrons. The summed E-state index contributed by atoms with van der Waals surface area (Å²) in [7, 11) is 0. The first-order valence-electron chi connectivity index (χ1n) is 3.46. The highest BCUT2D eigenvalue weighted by atomic mass is 79.9. The molecule has 4 nitrogen and oxygen atoms in total. The molecule has 2 heterocycles. The Labute approximate surface area is 91.3 Å². The van der Waals surface area contributed by atoms with Crippen molar-refractivity contribution in [2.24, 2.45) is 0 Å². The third-order valence-electron chi connectivity index (χ3n) is 1.33. The van der Waals surface area contributed by atoms with Crippen LogP contribution in [0.5, 0.6) is 0 Å². The monoisotopic (exact) mass is 276 g/mol. The van der Waals surface area contributed by atoms with Crippen LogP contribution in [0.3, 0.4) is 0 Å². The first-order chi connectivity index (χ1) is 6.34. The van der Waals surface area contributed by atoms with Crippen molar-refractivity contribution >= 4 is 43.9 Å². The Morgan fingerprint density at radius 2 is 2.46 bits per heavy atom. The van der Waals surface area contributed by atoms with Crippen LogP contribution in [0.1, 0.15) is 4.88 Å². The summed E-state index contributed by atoms with van der Waals surface area (Å²) >= 11 is 6.35. The van der Waals surface area contributed by atoms with E-state index < -0.39 is 0 Å². The lowest BCUT2D eigenvalue weighted by molar-refractivity contribution is 0.952. The molecule has 0 radical (unpaired) electrons. The van der Waals surface area contributed by atoms with Crippen molar-refractivity contribution in [3.8, 4) is 0 Å². The van der Waals surface area contributed by atoms with Crippen LogP contribution in [0.15, 0.2) is 15.9 Å². The van der Waals surface area contributed by atoms with Crippen LogP contribution < -0.4 is 5.32 Å². The van der Waals surface area contributed by atoms with Gasteiger partial charge in [-0.25, -0.2) is 0 Å². The van der Waals surface area contributed by atoms with E-state index in [-0.39, 0.29) is 0 Å². The van der Waals surface area contributed by atoms with E-state index in [4.69, 9.17) is 0 Å². The molecular weight excluding hydrogens is 272 g/mol. The topological polar surface area (TPSA) is 50.7 Å². The highest BCUT2D eigenvalue weighted by Crippen LogP contribution is 2.20. The van der Waals surface area contributed by atoms with Gasteiger partial charge in [0, 0.05) is 26.3 Å². The molecule has 0 saturated carbocycles. The quantitative estimate of drug-likeness (QED) is 0.935. The highest BCUT2D eigenvalue weighted by Gasteiger charge is 1.99. The molecule has 0 amide bonds. The van der Waals surface area contributed by atoms with Gasteiger partial charge in [0.1, 0.15) is 0 Å². The summed E-state index contributed by atoms with van der Waals surface area (Å²) in [6.45, 7) is 0.771. The molecule has 0 spiro atoms. The maximum absolute atomic E-state index is 3.78. The zero-order valence-electron chi connectivity index (χ0n) is 6.40. The lowest BCUT2D eigenvalue weighted by Gasteiger charge is -1.96. The molecule has 2 aromatic heterocycles. The Hall–Kier alpha value is -0.530. The summed E-state index contributed by atoms with van der Waals surface area (Å²) < 4.78 is 4.77. The smallest absolute Gasteiger partial charge is 0.225 e. The highest BCUT2D eigenvalue weighted by molar-refractivity contribution is 9.10. The number of rotatable bonds is 3. The van der Waals surface area contributed by atoms with Crippen molar-refractivity contribution in [1.82, 2.24) is 14.8 Å². The van der Waals surface area contributed by atoms with E-state index in [1.807, 2.05) is 0 Å². The van der Waals surface area contributed by atoms with Crippen LogP contribution >= 0.6 is 38.8 Å². The van der Waals surface area contributed by atoms with Gasteiger partial charge in [-0.3, -0.25) is 0 Å². The zero-order valence-corrected chi connectivity index (χ0v) is 9.62. The molecule has 0 atom stereocenters. The average molecular weight is 277 g/mol. The minimum atomic E-state index is 0.754. The number of nitrogens with one attached hydrogen (secondary N) is 1. The predicted molar refractivity (Wildman–Crippen MR) is 57.0 cm³/mol. The molecule has 2 rings (SSSR count). The van der Waals surface area contributed by atoms with Crippen LogP contribution in [-0.2, 0) is 6.54 Å². The number of nitrogens with zero attached hydrogens (tertiary/aromatic N) is 3. The zero-order chi connectivity index (χ0) is 9.10. The van der Waals surface area contributed by atoms with Gasteiger partial charge in [-0.05, 0) is 27.2 Å². The van der Waals surface area contributed by atoms with Gasteiger partial charge < -0.3 is 5.32 Å². The average Bonchev–Trinajstić information content (AvgIpc) is 2.71. The van der Waals surface area contributed by atoms with Crippen LogP contribution in [0.2, 0.25) is 0 Å². The van der Waals surface area contributed by atoms with Crippen molar-refractivity contribution in [3.63, 3.8) is 0 Å². The van der Waals surface area contributed by atoms with Crippen LogP contribution in [0, 0.1) is 0 Å². The number of thiophene rings is 1. The SMILES string of the molecule is Brc1csc(CNc2nnns2)c1. The predicted octanol–water partition coefficient (Wildman–Crippen LogP) is 2.37. The second-order valence-corrected chi connectivity index (χ2v) is 4.90. The fourth-order valence-electron chi connectivity index (χ4n) is 0.811. The van der Waals surface area contributed by atoms with Crippen molar-refractivity contribution in [1.29, 1.82) is 0 Å². The van der Waals surface area contributed by atoms with E-state index >= 15 is 0 Å². The van der Waals surface area contributed by atoms with Gasteiger partial charge in [0.25, 0.3) is 0 Å². The second-order valence-electron chi connectivity index (χ2n) is 2.25. The molecule has 0 saturated heterocycles. The van der Waals surface area contributed by atoms with Crippen molar-refractivity contribution in [2.45, 2.75) is 6.54 Å². The van der Waals surface area contributed by atoms with Crippen LogP contribution in [0.4, 0.5) is 5.13 Å². The van der Waals surface area contributed by atoms with Gasteiger partial charge in [-0.1, -0.05) is 9.59 Å². The molecule has 0 aliphatic heterocycles. The maximum Gasteiger partial charge on any atom is 0.225 e.